The SMILES string of the molecule is C#CCCCCCCCCCC=O.CCCC. The number of terminal acetylenes is 1. The zero-order valence-corrected chi connectivity index (χ0v) is 11.8. The van der Waals surface area contributed by atoms with Crippen LogP contribution < -0.4 is 0 Å². The highest BCUT2D eigenvalue weighted by Gasteiger charge is 1.90. The molecule has 0 saturated carbocycles. The predicted molar refractivity (Wildman–Crippen MR) is 77.0 cm³/mol. The lowest BCUT2D eigenvalue weighted by molar-refractivity contribution is -0.107. The Morgan fingerprint density at radius 1 is 0.882 bits per heavy atom. The molecule has 0 aliphatic rings. The molecule has 0 aromatic carbocycles. The van der Waals surface area contributed by atoms with Crippen molar-refractivity contribution in [2.24, 2.45) is 0 Å². The fraction of sp³-hybridized carbons (Fsp3) is 0.812. The van der Waals surface area contributed by atoms with Gasteiger partial charge in [0.1, 0.15) is 6.29 Å². The highest BCUT2D eigenvalue weighted by molar-refractivity contribution is 5.48. The van der Waals surface area contributed by atoms with Gasteiger partial charge in [0.05, 0.1) is 0 Å². The predicted octanol–water partition coefficient (Wildman–Crippen LogP) is 5.14. The van der Waals surface area contributed by atoms with Gasteiger partial charge in [-0.15, -0.1) is 12.3 Å². The summed E-state index contributed by atoms with van der Waals surface area (Å²) in [5, 5.41) is 0. The summed E-state index contributed by atoms with van der Waals surface area (Å²) < 4.78 is 0. The second-order valence-corrected chi connectivity index (χ2v) is 4.38. The van der Waals surface area contributed by atoms with Gasteiger partial charge < -0.3 is 4.79 Å². The van der Waals surface area contributed by atoms with Crippen molar-refractivity contribution in [2.75, 3.05) is 0 Å². The van der Waals surface area contributed by atoms with Gasteiger partial charge in [-0.2, -0.15) is 0 Å². The minimum absolute atomic E-state index is 0.733. The molecule has 0 radical (unpaired) electrons. The third-order valence-electron chi connectivity index (χ3n) is 2.64. The summed E-state index contributed by atoms with van der Waals surface area (Å²) in [7, 11) is 0. The summed E-state index contributed by atoms with van der Waals surface area (Å²) in [5.41, 5.74) is 0. The average Bonchev–Trinajstić information content (AvgIpc) is 2.37. The molecule has 0 N–H and O–H groups in total. The molecule has 0 atom stereocenters. The third kappa shape index (κ3) is 25.5. The second-order valence-electron chi connectivity index (χ2n) is 4.38. The lowest BCUT2D eigenvalue weighted by atomic mass is 10.1. The van der Waals surface area contributed by atoms with E-state index < -0.39 is 0 Å². The van der Waals surface area contributed by atoms with Gasteiger partial charge in [0, 0.05) is 12.8 Å². The number of unbranched alkanes of at least 4 members (excludes halogenated alkanes) is 9. The van der Waals surface area contributed by atoms with Crippen LogP contribution in [-0.2, 0) is 4.79 Å². The molecule has 0 saturated heterocycles. The van der Waals surface area contributed by atoms with Crippen molar-refractivity contribution in [1.82, 2.24) is 0 Å². The van der Waals surface area contributed by atoms with Crippen LogP contribution in [0.2, 0.25) is 0 Å². The van der Waals surface area contributed by atoms with Gasteiger partial charge in [-0.3, -0.25) is 0 Å². The van der Waals surface area contributed by atoms with Crippen LogP contribution in [0, 0.1) is 12.3 Å². The number of carbonyl (C=O) groups excluding carboxylic acids is 1. The van der Waals surface area contributed by atoms with E-state index in [0.29, 0.717) is 0 Å². The average molecular weight is 238 g/mol. The van der Waals surface area contributed by atoms with Gasteiger partial charge in [-0.25, -0.2) is 0 Å². The van der Waals surface area contributed by atoms with Gasteiger partial charge in [0.2, 0.25) is 0 Å². The first-order chi connectivity index (χ1) is 8.33. The van der Waals surface area contributed by atoms with Crippen molar-refractivity contribution in [3.63, 3.8) is 0 Å². The largest absolute Gasteiger partial charge is 0.303 e. The molecule has 0 fully saturated rings. The minimum atomic E-state index is 0.733. The first-order valence-corrected chi connectivity index (χ1v) is 7.20. The summed E-state index contributed by atoms with van der Waals surface area (Å²) in [6, 6.07) is 0. The first-order valence-electron chi connectivity index (χ1n) is 7.20. The highest BCUT2D eigenvalue weighted by atomic mass is 16.1. The number of hydrogen-bond donors (Lipinski definition) is 0. The molecule has 0 heterocycles. The normalized spacial score (nSPS) is 9.00. The topological polar surface area (TPSA) is 17.1 Å². The Balaban J connectivity index is 0. The maximum absolute atomic E-state index is 9.99. The number of aldehydes is 1. The van der Waals surface area contributed by atoms with Crippen LogP contribution in [0.25, 0.3) is 0 Å². The standard InChI is InChI=1S/C12H20O.C4H10/c1-2-3-4-5-6-7-8-9-10-11-12-13;1-3-4-2/h1,12H,3-11H2;3-4H2,1-2H3. The Morgan fingerprint density at radius 3 is 1.76 bits per heavy atom. The number of hydrogen-bond acceptors (Lipinski definition) is 1. The zero-order chi connectivity index (χ0) is 13.2. The molecule has 0 unspecified atom stereocenters. The Bertz CT molecular complexity index is 165. The maximum atomic E-state index is 9.99. The van der Waals surface area contributed by atoms with Gasteiger partial charge in [-0.05, 0) is 12.8 Å². The second kappa shape index (κ2) is 20.6. The van der Waals surface area contributed by atoms with Crippen molar-refractivity contribution in [1.29, 1.82) is 0 Å². The summed E-state index contributed by atoms with van der Waals surface area (Å²) in [5.74, 6) is 2.65. The molecular formula is C16H30O. The highest BCUT2D eigenvalue weighted by Crippen LogP contribution is 2.08. The lowest BCUT2D eigenvalue weighted by Gasteiger charge is -1.98. The monoisotopic (exact) mass is 238 g/mol. The molecule has 0 aliphatic carbocycles. The van der Waals surface area contributed by atoms with E-state index in [9.17, 15) is 4.79 Å². The van der Waals surface area contributed by atoms with Crippen LogP contribution in [-0.4, -0.2) is 6.29 Å². The molecule has 0 aromatic rings. The minimum Gasteiger partial charge on any atom is -0.303 e. The van der Waals surface area contributed by atoms with E-state index in [1.165, 1.54) is 51.4 Å². The van der Waals surface area contributed by atoms with E-state index >= 15 is 0 Å². The molecule has 0 spiro atoms. The maximum Gasteiger partial charge on any atom is 0.119 e. The van der Waals surface area contributed by atoms with E-state index in [1.807, 2.05) is 0 Å². The molecule has 17 heavy (non-hydrogen) atoms. The Kier molecular flexibility index (Phi) is 22.5. The zero-order valence-electron chi connectivity index (χ0n) is 11.8. The van der Waals surface area contributed by atoms with Crippen LogP contribution in [0.15, 0.2) is 0 Å². The van der Waals surface area contributed by atoms with Crippen molar-refractivity contribution in [2.45, 2.75) is 84.5 Å². The van der Waals surface area contributed by atoms with Crippen molar-refractivity contribution < 1.29 is 4.79 Å². The molecule has 0 amide bonds. The first kappa shape index (κ1) is 18.6. The van der Waals surface area contributed by atoms with Crippen molar-refractivity contribution in [3.05, 3.63) is 0 Å². The van der Waals surface area contributed by atoms with E-state index in [-0.39, 0.29) is 0 Å². The smallest absolute Gasteiger partial charge is 0.119 e. The summed E-state index contributed by atoms with van der Waals surface area (Å²) in [6.07, 6.45) is 19.0. The third-order valence-corrected chi connectivity index (χ3v) is 2.64. The Hall–Kier alpha value is -0.770. The van der Waals surface area contributed by atoms with Crippen LogP contribution in [0.3, 0.4) is 0 Å². The van der Waals surface area contributed by atoms with E-state index in [1.54, 1.807) is 0 Å². The van der Waals surface area contributed by atoms with Crippen LogP contribution in [0.5, 0.6) is 0 Å². The summed E-state index contributed by atoms with van der Waals surface area (Å²) in [4.78, 5) is 9.99. The van der Waals surface area contributed by atoms with Gasteiger partial charge in [-0.1, -0.05) is 58.8 Å². The van der Waals surface area contributed by atoms with Crippen LogP contribution >= 0.6 is 0 Å². The fourth-order valence-electron chi connectivity index (χ4n) is 1.34. The van der Waals surface area contributed by atoms with Gasteiger partial charge >= 0.3 is 0 Å². The van der Waals surface area contributed by atoms with E-state index in [0.717, 1.165) is 25.5 Å². The molecule has 100 valence electrons. The molecule has 0 rings (SSSR count). The lowest BCUT2D eigenvalue weighted by Crippen LogP contribution is -1.81. The van der Waals surface area contributed by atoms with Gasteiger partial charge in [0.15, 0.2) is 0 Å². The molecule has 1 nitrogen and oxygen atoms in total. The molecule has 1 heteroatoms. The van der Waals surface area contributed by atoms with E-state index in [2.05, 4.69) is 19.8 Å². The molecule has 0 aliphatic heterocycles. The van der Waals surface area contributed by atoms with Gasteiger partial charge in [0.25, 0.3) is 0 Å². The summed E-state index contributed by atoms with van der Waals surface area (Å²) >= 11 is 0. The summed E-state index contributed by atoms with van der Waals surface area (Å²) in [6.45, 7) is 4.36. The van der Waals surface area contributed by atoms with Crippen molar-refractivity contribution >= 4 is 6.29 Å². The number of carbonyl (C=O) groups is 1. The molecule has 0 bridgehead atoms. The van der Waals surface area contributed by atoms with Crippen molar-refractivity contribution in [3.8, 4) is 12.3 Å². The van der Waals surface area contributed by atoms with E-state index in [4.69, 9.17) is 6.42 Å². The number of rotatable bonds is 10. The quantitative estimate of drug-likeness (QED) is 0.293. The Labute approximate surface area is 108 Å². The molecular weight excluding hydrogens is 208 g/mol. The van der Waals surface area contributed by atoms with Crippen LogP contribution in [0.4, 0.5) is 0 Å². The Morgan fingerprint density at radius 2 is 1.35 bits per heavy atom. The fourth-order valence-corrected chi connectivity index (χ4v) is 1.34. The van der Waals surface area contributed by atoms with Crippen LogP contribution in [0.1, 0.15) is 84.5 Å². The molecule has 0 aromatic heterocycles.